The van der Waals surface area contributed by atoms with E-state index < -0.39 is 5.82 Å². The lowest BCUT2D eigenvalue weighted by molar-refractivity contribution is 0.313. The van der Waals surface area contributed by atoms with Crippen LogP contribution in [0.15, 0.2) is 18.5 Å². The number of imidazole rings is 1. The number of pyridine rings is 1. The first-order valence-corrected chi connectivity index (χ1v) is 6.15. The van der Waals surface area contributed by atoms with E-state index in [-0.39, 0.29) is 6.01 Å². The van der Waals surface area contributed by atoms with Crippen LogP contribution in [0.25, 0.3) is 22.6 Å². The zero-order valence-electron chi connectivity index (χ0n) is 11.0. The van der Waals surface area contributed by atoms with Gasteiger partial charge in [0.05, 0.1) is 18.5 Å². The van der Waals surface area contributed by atoms with Gasteiger partial charge in [-0.15, -0.1) is 0 Å². The van der Waals surface area contributed by atoms with Crippen LogP contribution in [-0.2, 0) is 0 Å². The lowest BCUT2D eigenvalue weighted by atomic mass is 10.3. The summed E-state index contributed by atoms with van der Waals surface area (Å²) in [5.41, 5.74) is 2.47. The van der Waals surface area contributed by atoms with E-state index in [9.17, 15) is 4.39 Å². The SMILES string of the molecule is CCOc1nc(C)c2[nH]c(-c3cncc(F)c3)nc2n1. The van der Waals surface area contributed by atoms with Crippen LogP contribution in [0.2, 0.25) is 0 Å². The quantitative estimate of drug-likeness (QED) is 0.792. The molecule has 0 saturated carbocycles. The summed E-state index contributed by atoms with van der Waals surface area (Å²) in [6.07, 6.45) is 2.68. The fraction of sp³-hybridized carbons (Fsp3) is 0.231. The van der Waals surface area contributed by atoms with Crippen molar-refractivity contribution in [2.24, 2.45) is 0 Å². The number of nitrogens with zero attached hydrogens (tertiary/aromatic N) is 4. The Kier molecular flexibility index (Phi) is 3.02. The van der Waals surface area contributed by atoms with Crippen molar-refractivity contribution in [1.29, 1.82) is 0 Å². The Balaban J connectivity index is 2.13. The number of rotatable bonds is 3. The molecule has 0 aliphatic heterocycles. The molecular formula is C13H12FN5O. The molecule has 20 heavy (non-hydrogen) atoms. The number of nitrogens with one attached hydrogen (secondary N) is 1. The van der Waals surface area contributed by atoms with Gasteiger partial charge in [0.1, 0.15) is 17.2 Å². The van der Waals surface area contributed by atoms with Gasteiger partial charge in [0.2, 0.25) is 0 Å². The van der Waals surface area contributed by atoms with E-state index in [1.807, 2.05) is 13.8 Å². The van der Waals surface area contributed by atoms with E-state index in [1.54, 1.807) is 0 Å². The third-order valence-electron chi connectivity index (χ3n) is 2.76. The second-order valence-corrected chi connectivity index (χ2v) is 4.20. The first-order chi connectivity index (χ1) is 9.67. The Hall–Kier alpha value is -2.57. The zero-order valence-corrected chi connectivity index (χ0v) is 11.0. The third-order valence-corrected chi connectivity index (χ3v) is 2.76. The van der Waals surface area contributed by atoms with E-state index in [0.717, 1.165) is 11.9 Å². The van der Waals surface area contributed by atoms with E-state index in [1.165, 1.54) is 12.3 Å². The van der Waals surface area contributed by atoms with Crippen LogP contribution in [0.3, 0.4) is 0 Å². The van der Waals surface area contributed by atoms with E-state index in [2.05, 4.69) is 24.9 Å². The molecule has 1 N–H and O–H groups in total. The maximum atomic E-state index is 13.2. The molecule has 0 unspecified atom stereocenters. The van der Waals surface area contributed by atoms with Crippen LogP contribution in [-0.4, -0.2) is 31.5 Å². The second-order valence-electron chi connectivity index (χ2n) is 4.20. The first kappa shape index (κ1) is 12.5. The predicted octanol–water partition coefficient (Wildman–Crippen LogP) is 2.26. The Morgan fingerprint density at radius 3 is 2.85 bits per heavy atom. The summed E-state index contributed by atoms with van der Waals surface area (Å²) in [4.78, 5) is 19.6. The lowest BCUT2D eigenvalue weighted by Crippen LogP contribution is -1.99. The molecule has 3 heterocycles. The highest BCUT2D eigenvalue weighted by atomic mass is 19.1. The van der Waals surface area contributed by atoms with Crippen LogP contribution in [0.1, 0.15) is 12.6 Å². The van der Waals surface area contributed by atoms with Gasteiger partial charge in [0.15, 0.2) is 5.65 Å². The zero-order chi connectivity index (χ0) is 14.1. The molecule has 0 saturated heterocycles. The molecule has 102 valence electrons. The molecule has 0 fully saturated rings. The number of hydrogen-bond donors (Lipinski definition) is 1. The Labute approximate surface area is 114 Å². The number of aryl methyl sites for hydroxylation is 1. The van der Waals surface area contributed by atoms with Gasteiger partial charge in [-0.1, -0.05) is 0 Å². The molecule has 3 aromatic heterocycles. The van der Waals surface area contributed by atoms with Crippen molar-refractivity contribution in [3.8, 4) is 17.4 Å². The van der Waals surface area contributed by atoms with Crippen molar-refractivity contribution in [1.82, 2.24) is 24.9 Å². The molecule has 3 aromatic rings. The highest BCUT2D eigenvalue weighted by Gasteiger charge is 2.12. The number of H-pyrrole nitrogens is 1. The van der Waals surface area contributed by atoms with E-state index in [0.29, 0.717) is 29.2 Å². The summed E-state index contributed by atoms with van der Waals surface area (Å²) in [5, 5.41) is 0. The van der Waals surface area contributed by atoms with Crippen molar-refractivity contribution in [3.05, 3.63) is 30.0 Å². The monoisotopic (exact) mass is 273 g/mol. The van der Waals surface area contributed by atoms with Crippen molar-refractivity contribution in [3.63, 3.8) is 0 Å². The standard InChI is InChI=1S/C13H12FN5O/c1-3-20-13-16-7(2)10-12(19-13)18-11(17-10)8-4-9(14)6-15-5-8/h4-6H,3H2,1-2H3,(H,16,17,18,19). The molecule has 0 aromatic carbocycles. The van der Waals surface area contributed by atoms with E-state index in [4.69, 9.17) is 4.74 Å². The lowest BCUT2D eigenvalue weighted by Gasteiger charge is -2.01. The van der Waals surface area contributed by atoms with Gasteiger partial charge in [-0.3, -0.25) is 4.98 Å². The topological polar surface area (TPSA) is 76.6 Å². The average molecular weight is 273 g/mol. The number of fused-ring (bicyclic) bond motifs is 1. The summed E-state index contributed by atoms with van der Waals surface area (Å²) < 4.78 is 18.5. The van der Waals surface area contributed by atoms with Crippen molar-refractivity contribution in [2.75, 3.05) is 6.61 Å². The predicted molar refractivity (Wildman–Crippen MR) is 70.8 cm³/mol. The minimum Gasteiger partial charge on any atom is -0.464 e. The molecule has 0 radical (unpaired) electrons. The number of aromatic nitrogens is 5. The van der Waals surface area contributed by atoms with Gasteiger partial charge in [-0.25, -0.2) is 9.37 Å². The fourth-order valence-electron chi connectivity index (χ4n) is 1.88. The van der Waals surface area contributed by atoms with Crippen LogP contribution in [0, 0.1) is 12.7 Å². The summed E-state index contributed by atoms with van der Waals surface area (Å²) in [6, 6.07) is 1.64. The largest absolute Gasteiger partial charge is 0.464 e. The number of hydrogen-bond acceptors (Lipinski definition) is 5. The van der Waals surface area contributed by atoms with Crippen molar-refractivity contribution < 1.29 is 9.13 Å². The molecule has 0 aliphatic rings. The Morgan fingerprint density at radius 2 is 2.10 bits per heavy atom. The van der Waals surface area contributed by atoms with Crippen molar-refractivity contribution in [2.45, 2.75) is 13.8 Å². The molecule has 0 aliphatic carbocycles. The average Bonchev–Trinajstić information content (AvgIpc) is 2.84. The molecular weight excluding hydrogens is 261 g/mol. The van der Waals surface area contributed by atoms with Crippen molar-refractivity contribution >= 4 is 11.2 Å². The minimum atomic E-state index is -0.416. The number of aromatic amines is 1. The van der Waals surface area contributed by atoms with Gasteiger partial charge in [0, 0.05) is 11.8 Å². The highest BCUT2D eigenvalue weighted by molar-refractivity contribution is 5.77. The minimum absolute atomic E-state index is 0.285. The molecule has 7 heteroatoms. The Bertz CT molecular complexity index is 771. The normalized spacial score (nSPS) is 10.9. The first-order valence-electron chi connectivity index (χ1n) is 6.15. The van der Waals surface area contributed by atoms with Crippen LogP contribution >= 0.6 is 0 Å². The van der Waals surface area contributed by atoms with Crippen LogP contribution in [0.5, 0.6) is 6.01 Å². The summed E-state index contributed by atoms with van der Waals surface area (Å²) in [5.74, 6) is 0.0822. The summed E-state index contributed by atoms with van der Waals surface area (Å²) in [6.45, 7) is 4.17. The van der Waals surface area contributed by atoms with Gasteiger partial charge < -0.3 is 9.72 Å². The fourth-order valence-corrected chi connectivity index (χ4v) is 1.88. The van der Waals surface area contributed by atoms with Gasteiger partial charge in [-0.2, -0.15) is 9.97 Å². The Morgan fingerprint density at radius 1 is 1.25 bits per heavy atom. The molecule has 3 rings (SSSR count). The highest BCUT2D eigenvalue weighted by Crippen LogP contribution is 2.22. The third kappa shape index (κ3) is 2.18. The molecule has 0 amide bonds. The summed E-state index contributed by atoms with van der Waals surface area (Å²) >= 11 is 0. The van der Waals surface area contributed by atoms with E-state index >= 15 is 0 Å². The van der Waals surface area contributed by atoms with Gasteiger partial charge in [0.25, 0.3) is 0 Å². The molecule has 0 spiro atoms. The molecule has 6 nitrogen and oxygen atoms in total. The van der Waals surface area contributed by atoms with Gasteiger partial charge in [-0.05, 0) is 19.9 Å². The smallest absolute Gasteiger partial charge is 0.318 e. The number of halogens is 1. The molecule has 0 atom stereocenters. The van der Waals surface area contributed by atoms with Crippen LogP contribution < -0.4 is 4.74 Å². The van der Waals surface area contributed by atoms with Crippen LogP contribution in [0.4, 0.5) is 4.39 Å². The summed E-state index contributed by atoms with van der Waals surface area (Å²) in [7, 11) is 0. The van der Waals surface area contributed by atoms with Gasteiger partial charge >= 0.3 is 6.01 Å². The molecule has 0 bridgehead atoms. The maximum absolute atomic E-state index is 13.2. The second kappa shape index (κ2) is 4.84. The maximum Gasteiger partial charge on any atom is 0.318 e. The number of ether oxygens (including phenoxy) is 1.